The van der Waals surface area contributed by atoms with Crippen LogP contribution in [0.5, 0.6) is 0 Å². The molecule has 1 N–H and O–H groups in total. The molecule has 0 aromatic carbocycles. The quantitative estimate of drug-likeness (QED) is 0.769. The van der Waals surface area contributed by atoms with Gasteiger partial charge in [0.1, 0.15) is 0 Å². The summed E-state index contributed by atoms with van der Waals surface area (Å²) in [5, 5.41) is 3.27. The minimum Gasteiger partial charge on any atom is -0.341 e. The van der Waals surface area contributed by atoms with Crippen LogP contribution in [0, 0.1) is 5.92 Å². The Labute approximate surface area is 111 Å². The van der Waals surface area contributed by atoms with Gasteiger partial charge in [-0.1, -0.05) is 27.2 Å². The van der Waals surface area contributed by atoms with Gasteiger partial charge in [0, 0.05) is 37.6 Å². The van der Waals surface area contributed by atoms with Crippen molar-refractivity contribution in [1.29, 1.82) is 0 Å². The fraction of sp³-hybridized carbons (Fsp3) is 0.714. The average Bonchev–Trinajstić information content (AvgIpc) is 2.42. The molecule has 1 aromatic heterocycles. The Hall–Kier alpha value is -1.16. The van der Waals surface area contributed by atoms with Gasteiger partial charge in [-0.25, -0.2) is 9.97 Å². The molecule has 1 atom stereocenters. The molecule has 0 bridgehead atoms. The molecule has 0 fully saturated rings. The van der Waals surface area contributed by atoms with E-state index >= 15 is 0 Å². The Kier molecular flexibility index (Phi) is 6.65. The molecule has 1 unspecified atom stereocenters. The highest BCUT2D eigenvalue weighted by Gasteiger charge is 2.10. The van der Waals surface area contributed by atoms with Crippen molar-refractivity contribution in [2.75, 3.05) is 24.5 Å². The van der Waals surface area contributed by atoms with Crippen molar-refractivity contribution in [3.63, 3.8) is 0 Å². The van der Waals surface area contributed by atoms with E-state index in [0.29, 0.717) is 5.92 Å². The molecule has 4 nitrogen and oxygen atoms in total. The highest BCUT2D eigenvalue weighted by atomic mass is 15.2. The summed E-state index contributed by atoms with van der Waals surface area (Å²) in [4.78, 5) is 11.2. The zero-order valence-corrected chi connectivity index (χ0v) is 12.1. The number of anilines is 1. The number of rotatable bonds is 8. The van der Waals surface area contributed by atoms with E-state index in [4.69, 9.17) is 0 Å². The maximum Gasteiger partial charge on any atom is 0.225 e. The van der Waals surface area contributed by atoms with Gasteiger partial charge in [0.05, 0.1) is 0 Å². The van der Waals surface area contributed by atoms with Crippen molar-refractivity contribution in [2.45, 2.75) is 40.7 Å². The smallest absolute Gasteiger partial charge is 0.225 e. The summed E-state index contributed by atoms with van der Waals surface area (Å²) in [6.07, 6.45) is 5.03. The van der Waals surface area contributed by atoms with E-state index in [-0.39, 0.29) is 0 Å². The van der Waals surface area contributed by atoms with Crippen LogP contribution in [0.15, 0.2) is 12.4 Å². The third kappa shape index (κ3) is 4.61. The lowest BCUT2D eigenvalue weighted by Gasteiger charge is -2.23. The van der Waals surface area contributed by atoms with Crippen LogP contribution < -0.4 is 10.2 Å². The predicted octanol–water partition coefficient (Wildman–Crippen LogP) is 2.46. The van der Waals surface area contributed by atoms with Gasteiger partial charge in [-0.15, -0.1) is 0 Å². The van der Waals surface area contributed by atoms with Crippen molar-refractivity contribution in [3.8, 4) is 0 Å². The van der Waals surface area contributed by atoms with Gasteiger partial charge >= 0.3 is 0 Å². The average molecular weight is 250 g/mol. The monoisotopic (exact) mass is 250 g/mol. The minimum absolute atomic E-state index is 0.676. The van der Waals surface area contributed by atoms with E-state index in [9.17, 15) is 0 Å². The third-order valence-corrected chi connectivity index (χ3v) is 3.16. The Morgan fingerprint density at radius 1 is 1.22 bits per heavy atom. The Bertz CT molecular complexity index is 323. The molecule has 0 aliphatic carbocycles. The Balaban J connectivity index is 2.63. The molecular formula is C14H26N4. The maximum atomic E-state index is 4.46. The molecule has 0 saturated heterocycles. The predicted molar refractivity (Wildman–Crippen MR) is 76.8 cm³/mol. The van der Waals surface area contributed by atoms with Crippen LogP contribution in [-0.4, -0.2) is 29.6 Å². The molecule has 1 rings (SSSR count). The molecule has 1 heterocycles. The molecule has 0 amide bonds. The van der Waals surface area contributed by atoms with Crippen LogP contribution in [0.1, 0.15) is 39.7 Å². The molecule has 0 radical (unpaired) electrons. The maximum absolute atomic E-state index is 4.46. The van der Waals surface area contributed by atoms with Crippen LogP contribution in [0.25, 0.3) is 0 Å². The molecule has 1 aromatic rings. The van der Waals surface area contributed by atoms with Gasteiger partial charge in [-0.05, 0) is 19.4 Å². The second-order valence-electron chi connectivity index (χ2n) is 4.72. The van der Waals surface area contributed by atoms with Crippen molar-refractivity contribution < 1.29 is 0 Å². The minimum atomic E-state index is 0.676. The first-order valence-corrected chi connectivity index (χ1v) is 6.97. The van der Waals surface area contributed by atoms with Crippen molar-refractivity contribution in [3.05, 3.63) is 18.0 Å². The van der Waals surface area contributed by atoms with Crippen LogP contribution in [0.3, 0.4) is 0 Å². The van der Waals surface area contributed by atoms with Crippen molar-refractivity contribution in [1.82, 2.24) is 15.3 Å². The second kappa shape index (κ2) is 8.03. The van der Waals surface area contributed by atoms with Gasteiger partial charge in [0.25, 0.3) is 0 Å². The first-order valence-electron chi connectivity index (χ1n) is 6.97. The van der Waals surface area contributed by atoms with E-state index in [1.807, 2.05) is 12.4 Å². The van der Waals surface area contributed by atoms with Crippen LogP contribution in [0.2, 0.25) is 0 Å². The first kappa shape index (κ1) is 14.9. The standard InChI is InChI=1S/C14H26N4/c1-5-12(4)11-18(7-3)14-16-9-13(10-17-14)8-15-6-2/h9-10,12,15H,5-8,11H2,1-4H3. The van der Waals surface area contributed by atoms with Gasteiger partial charge in [-0.2, -0.15) is 0 Å². The SMILES string of the molecule is CCNCc1cnc(N(CC)CC(C)CC)nc1. The Morgan fingerprint density at radius 2 is 1.89 bits per heavy atom. The first-order chi connectivity index (χ1) is 8.71. The van der Waals surface area contributed by atoms with Gasteiger partial charge in [0.15, 0.2) is 0 Å². The van der Waals surface area contributed by atoms with Gasteiger partial charge in [0.2, 0.25) is 5.95 Å². The Morgan fingerprint density at radius 3 is 2.39 bits per heavy atom. The zero-order chi connectivity index (χ0) is 13.4. The summed E-state index contributed by atoms with van der Waals surface area (Å²) in [6, 6.07) is 0. The van der Waals surface area contributed by atoms with Crippen LogP contribution in [-0.2, 0) is 6.54 Å². The van der Waals surface area contributed by atoms with Crippen molar-refractivity contribution >= 4 is 5.95 Å². The van der Waals surface area contributed by atoms with Crippen molar-refractivity contribution in [2.24, 2.45) is 5.92 Å². The second-order valence-corrected chi connectivity index (χ2v) is 4.72. The molecule has 0 spiro atoms. The normalized spacial score (nSPS) is 12.4. The van der Waals surface area contributed by atoms with E-state index < -0.39 is 0 Å². The van der Waals surface area contributed by atoms with Gasteiger partial charge < -0.3 is 10.2 Å². The number of hydrogen-bond acceptors (Lipinski definition) is 4. The topological polar surface area (TPSA) is 41.1 Å². The largest absolute Gasteiger partial charge is 0.341 e. The highest BCUT2D eigenvalue weighted by molar-refractivity contribution is 5.29. The number of hydrogen-bond donors (Lipinski definition) is 1. The fourth-order valence-electron chi connectivity index (χ4n) is 1.73. The van der Waals surface area contributed by atoms with Crippen LogP contribution in [0.4, 0.5) is 5.95 Å². The van der Waals surface area contributed by atoms with Gasteiger partial charge in [-0.3, -0.25) is 0 Å². The number of aromatic nitrogens is 2. The zero-order valence-electron chi connectivity index (χ0n) is 12.1. The molecule has 102 valence electrons. The molecule has 0 aliphatic rings. The molecule has 0 saturated carbocycles. The van der Waals surface area contributed by atoms with E-state index in [1.54, 1.807) is 0 Å². The lowest BCUT2D eigenvalue weighted by atomic mass is 10.1. The van der Waals surface area contributed by atoms with Crippen LogP contribution >= 0.6 is 0 Å². The third-order valence-electron chi connectivity index (χ3n) is 3.16. The lowest BCUT2D eigenvalue weighted by Crippen LogP contribution is -2.29. The van der Waals surface area contributed by atoms with E-state index in [2.05, 4.69) is 47.9 Å². The molecule has 0 aliphatic heterocycles. The van der Waals surface area contributed by atoms with E-state index in [0.717, 1.165) is 37.7 Å². The molecule has 4 heteroatoms. The summed E-state index contributed by atoms with van der Waals surface area (Å²) in [7, 11) is 0. The summed E-state index contributed by atoms with van der Waals surface area (Å²) < 4.78 is 0. The number of nitrogens with zero attached hydrogens (tertiary/aromatic N) is 3. The summed E-state index contributed by atoms with van der Waals surface area (Å²) >= 11 is 0. The fourth-order valence-corrected chi connectivity index (χ4v) is 1.73. The highest BCUT2D eigenvalue weighted by Crippen LogP contribution is 2.11. The number of nitrogens with one attached hydrogen (secondary N) is 1. The van der Waals surface area contributed by atoms with E-state index in [1.165, 1.54) is 6.42 Å². The molecule has 18 heavy (non-hydrogen) atoms. The summed E-state index contributed by atoms with van der Waals surface area (Å²) in [6.45, 7) is 12.5. The summed E-state index contributed by atoms with van der Waals surface area (Å²) in [5.74, 6) is 1.52. The lowest BCUT2D eigenvalue weighted by molar-refractivity contribution is 0.542. The molecular weight excluding hydrogens is 224 g/mol. The summed E-state index contributed by atoms with van der Waals surface area (Å²) in [5.41, 5.74) is 1.14.